The Labute approximate surface area is 221 Å². The van der Waals surface area contributed by atoms with Gasteiger partial charge >= 0.3 is 5.69 Å². The van der Waals surface area contributed by atoms with Crippen molar-refractivity contribution in [2.45, 2.75) is 25.4 Å². The number of nitrogens with one attached hydrogen (secondary N) is 1. The molecule has 0 aliphatic carbocycles. The number of aromatic nitrogens is 2. The van der Waals surface area contributed by atoms with E-state index in [0.29, 0.717) is 40.1 Å². The number of hydrogen-bond acceptors (Lipinski definition) is 7. The molecule has 37 heavy (non-hydrogen) atoms. The maximum Gasteiger partial charge on any atom is 0.332 e. The summed E-state index contributed by atoms with van der Waals surface area (Å²) >= 11 is 1.34. The van der Waals surface area contributed by atoms with Crippen LogP contribution in [0.15, 0.2) is 52.1 Å². The fourth-order valence-electron chi connectivity index (χ4n) is 4.89. The SMILES string of the molecule is COc1ccc(Cn2c(=O)n(C3CCNCC3)c(=O)c3sc(-c4ccc5c(c4)OCO5)cc32)cc1F.Cl. The standard InChI is InChI=1S/C26H24FN3O5S.ClH/c1-33-20-4-2-15(10-18(20)27)13-29-19-12-23(16-3-5-21-22(11-16)35-14-34-21)36-24(19)25(31)30(26(29)32)17-6-8-28-9-7-17;/h2-5,10-12,17,28H,6-9,13-14H2,1H3;1H. The number of fused-ring (bicyclic) bond motifs is 2. The lowest BCUT2D eigenvalue weighted by atomic mass is 10.1. The largest absolute Gasteiger partial charge is 0.494 e. The Bertz CT molecular complexity index is 1590. The Morgan fingerprint density at radius 3 is 2.62 bits per heavy atom. The van der Waals surface area contributed by atoms with Crippen molar-refractivity contribution in [3.8, 4) is 27.7 Å². The summed E-state index contributed by atoms with van der Waals surface area (Å²) in [4.78, 5) is 28.2. The second-order valence-electron chi connectivity index (χ2n) is 8.89. The Hall–Kier alpha value is -3.34. The maximum absolute atomic E-state index is 14.4. The molecule has 0 amide bonds. The van der Waals surface area contributed by atoms with Crippen LogP contribution < -0.4 is 30.8 Å². The van der Waals surface area contributed by atoms with Gasteiger partial charge in [0.1, 0.15) is 4.70 Å². The molecule has 2 aromatic carbocycles. The summed E-state index contributed by atoms with van der Waals surface area (Å²) in [7, 11) is 1.41. The van der Waals surface area contributed by atoms with Crippen LogP contribution in [-0.4, -0.2) is 36.1 Å². The first-order valence-corrected chi connectivity index (χ1v) is 12.6. The molecular weight excluding hydrogens is 521 g/mol. The van der Waals surface area contributed by atoms with Gasteiger partial charge in [0.25, 0.3) is 5.56 Å². The van der Waals surface area contributed by atoms with E-state index in [1.807, 2.05) is 24.3 Å². The Morgan fingerprint density at radius 1 is 1.08 bits per heavy atom. The predicted octanol–water partition coefficient (Wildman–Crippen LogP) is 4.16. The Morgan fingerprint density at radius 2 is 1.86 bits per heavy atom. The minimum atomic E-state index is -0.502. The van der Waals surface area contributed by atoms with E-state index in [9.17, 15) is 14.0 Å². The zero-order valence-electron chi connectivity index (χ0n) is 20.0. The normalized spacial score (nSPS) is 15.1. The molecule has 1 N–H and O–H groups in total. The highest BCUT2D eigenvalue weighted by Gasteiger charge is 2.24. The predicted molar refractivity (Wildman–Crippen MR) is 142 cm³/mol. The van der Waals surface area contributed by atoms with Gasteiger partial charge in [-0.25, -0.2) is 9.18 Å². The monoisotopic (exact) mass is 545 g/mol. The molecule has 1 fully saturated rings. The van der Waals surface area contributed by atoms with Crippen LogP contribution >= 0.6 is 23.7 Å². The summed E-state index contributed by atoms with van der Waals surface area (Å²) in [6.07, 6.45) is 1.39. The number of ether oxygens (including phenoxy) is 3. The van der Waals surface area contributed by atoms with Crippen molar-refractivity contribution in [1.29, 1.82) is 0 Å². The van der Waals surface area contributed by atoms with Gasteiger partial charge in [0.15, 0.2) is 23.1 Å². The molecule has 6 rings (SSSR count). The first-order valence-electron chi connectivity index (χ1n) is 11.8. The van der Waals surface area contributed by atoms with Gasteiger partial charge in [-0.05, 0) is 73.5 Å². The molecule has 0 radical (unpaired) electrons. The van der Waals surface area contributed by atoms with E-state index in [1.165, 1.54) is 29.1 Å². The summed E-state index contributed by atoms with van der Waals surface area (Å²) in [6, 6.07) is 11.9. The van der Waals surface area contributed by atoms with Crippen LogP contribution in [0.5, 0.6) is 17.2 Å². The van der Waals surface area contributed by atoms with Crippen LogP contribution in [0.25, 0.3) is 20.7 Å². The van der Waals surface area contributed by atoms with Crippen LogP contribution in [0.4, 0.5) is 4.39 Å². The first kappa shape index (κ1) is 25.3. The molecule has 4 heterocycles. The number of benzene rings is 2. The number of piperidine rings is 1. The molecule has 2 aliphatic rings. The molecule has 2 aromatic heterocycles. The van der Waals surface area contributed by atoms with E-state index >= 15 is 0 Å². The zero-order valence-corrected chi connectivity index (χ0v) is 21.6. The minimum absolute atomic E-state index is 0. The Kier molecular flexibility index (Phi) is 6.98. The second-order valence-corrected chi connectivity index (χ2v) is 9.94. The smallest absolute Gasteiger partial charge is 0.332 e. The summed E-state index contributed by atoms with van der Waals surface area (Å²) in [6.45, 7) is 1.78. The van der Waals surface area contributed by atoms with Crippen molar-refractivity contribution in [2.24, 2.45) is 0 Å². The van der Waals surface area contributed by atoms with Crippen LogP contribution in [0.2, 0.25) is 0 Å². The highest BCUT2D eigenvalue weighted by Crippen LogP contribution is 2.39. The third-order valence-electron chi connectivity index (χ3n) is 6.74. The second kappa shape index (κ2) is 10.2. The summed E-state index contributed by atoms with van der Waals surface area (Å²) in [5.41, 5.74) is 1.33. The topological polar surface area (TPSA) is 83.7 Å². The Balaban J connectivity index is 0.00000280. The lowest BCUT2D eigenvalue weighted by Gasteiger charge is -2.25. The molecule has 8 nitrogen and oxygen atoms in total. The van der Waals surface area contributed by atoms with Crippen molar-refractivity contribution in [3.63, 3.8) is 0 Å². The lowest BCUT2D eigenvalue weighted by Crippen LogP contribution is -2.45. The van der Waals surface area contributed by atoms with Crippen molar-refractivity contribution < 1.29 is 18.6 Å². The van der Waals surface area contributed by atoms with Crippen molar-refractivity contribution in [1.82, 2.24) is 14.5 Å². The first-order chi connectivity index (χ1) is 17.5. The van der Waals surface area contributed by atoms with E-state index in [4.69, 9.17) is 14.2 Å². The summed E-state index contributed by atoms with van der Waals surface area (Å²) < 4.78 is 33.9. The number of nitrogens with zero attached hydrogens (tertiary/aromatic N) is 2. The number of hydrogen-bond donors (Lipinski definition) is 1. The molecule has 1 saturated heterocycles. The van der Waals surface area contributed by atoms with Crippen LogP contribution in [0.1, 0.15) is 24.4 Å². The van der Waals surface area contributed by atoms with E-state index in [2.05, 4.69) is 5.32 Å². The van der Waals surface area contributed by atoms with E-state index in [0.717, 1.165) is 23.5 Å². The van der Waals surface area contributed by atoms with E-state index in [1.54, 1.807) is 16.7 Å². The third kappa shape index (κ3) is 4.49. The van der Waals surface area contributed by atoms with Gasteiger partial charge < -0.3 is 19.5 Å². The van der Waals surface area contributed by atoms with Crippen LogP contribution in [0, 0.1) is 5.82 Å². The number of halogens is 2. The van der Waals surface area contributed by atoms with Gasteiger partial charge in [-0.2, -0.15) is 0 Å². The van der Waals surface area contributed by atoms with Gasteiger partial charge in [-0.3, -0.25) is 13.9 Å². The number of rotatable bonds is 5. The molecule has 0 atom stereocenters. The molecule has 194 valence electrons. The molecule has 2 aliphatic heterocycles. The molecule has 11 heteroatoms. The molecule has 0 bridgehead atoms. The van der Waals surface area contributed by atoms with Crippen LogP contribution in [0.3, 0.4) is 0 Å². The molecule has 0 spiro atoms. The molecule has 0 saturated carbocycles. The van der Waals surface area contributed by atoms with E-state index < -0.39 is 5.82 Å². The van der Waals surface area contributed by atoms with Gasteiger partial charge in [-0.1, -0.05) is 6.07 Å². The quantitative estimate of drug-likeness (QED) is 0.405. The lowest BCUT2D eigenvalue weighted by molar-refractivity contribution is 0.174. The van der Waals surface area contributed by atoms with E-state index in [-0.39, 0.29) is 48.8 Å². The van der Waals surface area contributed by atoms with Gasteiger partial charge in [-0.15, -0.1) is 23.7 Å². The van der Waals surface area contributed by atoms with Crippen molar-refractivity contribution in [3.05, 3.63) is 74.7 Å². The fraction of sp³-hybridized carbons (Fsp3) is 0.308. The number of thiophene rings is 1. The molecule has 0 unspecified atom stereocenters. The summed E-state index contributed by atoms with van der Waals surface area (Å²) in [5.74, 6) is 0.948. The molecular formula is C26H25ClFN3O5S. The van der Waals surface area contributed by atoms with Gasteiger partial charge in [0, 0.05) is 10.9 Å². The van der Waals surface area contributed by atoms with Crippen molar-refractivity contribution in [2.75, 3.05) is 27.0 Å². The van der Waals surface area contributed by atoms with Crippen LogP contribution in [-0.2, 0) is 6.54 Å². The van der Waals surface area contributed by atoms with Crippen molar-refractivity contribution >= 4 is 34.0 Å². The fourth-order valence-corrected chi connectivity index (χ4v) is 5.98. The zero-order chi connectivity index (χ0) is 24.8. The highest BCUT2D eigenvalue weighted by atomic mass is 35.5. The number of methoxy groups -OCH3 is 1. The summed E-state index contributed by atoms with van der Waals surface area (Å²) in [5, 5.41) is 3.28. The maximum atomic E-state index is 14.4. The minimum Gasteiger partial charge on any atom is -0.494 e. The van der Waals surface area contributed by atoms with Gasteiger partial charge in [0.05, 0.1) is 19.2 Å². The average Bonchev–Trinajstić information content (AvgIpc) is 3.55. The highest BCUT2D eigenvalue weighted by molar-refractivity contribution is 7.22. The third-order valence-corrected chi connectivity index (χ3v) is 7.90. The van der Waals surface area contributed by atoms with Gasteiger partial charge in [0.2, 0.25) is 6.79 Å². The average molecular weight is 546 g/mol. The molecule has 4 aromatic rings.